The van der Waals surface area contributed by atoms with Gasteiger partial charge < -0.3 is 15.5 Å². The molecule has 2 heterocycles. The molecule has 1 aromatic heterocycles. The molecule has 5 nitrogen and oxygen atoms in total. The van der Waals surface area contributed by atoms with Crippen LogP contribution in [0.3, 0.4) is 0 Å². The molecule has 5 heteroatoms. The Labute approximate surface area is 101 Å². The van der Waals surface area contributed by atoms with E-state index in [1.54, 1.807) is 11.1 Å². The van der Waals surface area contributed by atoms with Crippen molar-refractivity contribution in [1.29, 1.82) is 0 Å². The summed E-state index contributed by atoms with van der Waals surface area (Å²) in [6.45, 7) is 2.59. The summed E-state index contributed by atoms with van der Waals surface area (Å²) >= 11 is 0. The van der Waals surface area contributed by atoms with E-state index in [9.17, 15) is 4.79 Å². The molecule has 0 unspecified atom stereocenters. The van der Waals surface area contributed by atoms with E-state index < -0.39 is 0 Å². The van der Waals surface area contributed by atoms with E-state index in [2.05, 4.69) is 9.88 Å². The molecule has 2 rings (SSSR count). The summed E-state index contributed by atoms with van der Waals surface area (Å²) in [5.74, 6) is 0.158. The molecule has 1 amide bonds. The van der Waals surface area contributed by atoms with Crippen molar-refractivity contribution in [3.05, 3.63) is 24.0 Å². The number of carbonyl (C=O) groups is 1. The molecule has 1 aromatic rings. The van der Waals surface area contributed by atoms with Gasteiger partial charge in [-0.05, 0) is 18.6 Å². The molecular weight excluding hydrogens is 216 g/mol. The molecule has 1 aliphatic heterocycles. The highest BCUT2D eigenvalue weighted by Crippen LogP contribution is 2.15. The minimum atomic E-state index is 0.158. The van der Waals surface area contributed by atoms with Gasteiger partial charge in [0.05, 0.1) is 24.1 Å². The fraction of sp³-hybridized carbons (Fsp3) is 0.500. The van der Waals surface area contributed by atoms with Gasteiger partial charge in [0.15, 0.2) is 0 Å². The standard InChI is InChI=1S/C12H18N4O/c1-15-5-2-6-16(9-12(15)17)11-4-3-10(7-13)14-8-11/h3-4,8H,2,5-7,9,13H2,1H3. The van der Waals surface area contributed by atoms with E-state index in [1.807, 2.05) is 19.2 Å². The number of nitrogens with two attached hydrogens (primary N) is 1. The SMILES string of the molecule is CN1CCCN(c2ccc(CN)nc2)CC1=O. The molecule has 0 radical (unpaired) electrons. The van der Waals surface area contributed by atoms with Gasteiger partial charge in [-0.3, -0.25) is 9.78 Å². The van der Waals surface area contributed by atoms with Crippen molar-refractivity contribution in [2.45, 2.75) is 13.0 Å². The first kappa shape index (κ1) is 11.9. The quantitative estimate of drug-likeness (QED) is 0.794. The molecule has 0 saturated carbocycles. The molecule has 17 heavy (non-hydrogen) atoms. The summed E-state index contributed by atoms with van der Waals surface area (Å²) in [6.07, 6.45) is 2.78. The highest BCUT2D eigenvalue weighted by Gasteiger charge is 2.19. The topological polar surface area (TPSA) is 62.5 Å². The second-order valence-electron chi connectivity index (χ2n) is 4.30. The molecule has 0 aromatic carbocycles. The van der Waals surface area contributed by atoms with Gasteiger partial charge >= 0.3 is 0 Å². The number of carbonyl (C=O) groups excluding carboxylic acids is 1. The van der Waals surface area contributed by atoms with Crippen molar-refractivity contribution in [2.75, 3.05) is 31.6 Å². The summed E-state index contributed by atoms with van der Waals surface area (Å²) in [7, 11) is 1.85. The molecule has 1 aliphatic rings. The Bertz CT molecular complexity index is 390. The molecular formula is C12H18N4O. The predicted octanol–water partition coefficient (Wildman–Crippen LogP) is 0.209. The van der Waals surface area contributed by atoms with Crippen LogP contribution < -0.4 is 10.6 Å². The first-order valence-corrected chi connectivity index (χ1v) is 5.84. The van der Waals surface area contributed by atoms with Crippen LogP contribution >= 0.6 is 0 Å². The smallest absolute Gasteiger partial charge is 0.241 e. The van der Waals surface area contributed by atoms with Crippen molar-refractivity contribution >= 4 is 11.6 Å². The lowest BCUT2D eigenvalue weighted by Gasteiger charge is -2.21. The maximum atomic E-state index is 11.8. The van der Waals surface area contributed by atoms with Crippen molar-refractivity contribution in [3.8, 4) is 0 Å². The number of pyridine rings is 1. The number of likely N-dealkylation sites (N-methyl/N-ethyl adjacent to an activating group) is 1. The molecule has 0 spiro atoms. The fourth-order valence-corrected chi connectivity index (χ4v) is 1.93. The normalized spacial score (nSPS) is 17.2. The van der Waals surface area contributed by atoms with Gasteiger partial charge in [-0.1, -0.05) is 0 Å². The maximum absolute atomic E-state index is 11.8. The Balaban J connectivity index is 2.12. The Morgan fingerprint density at radius 1 is 1.41 bits per heavy atom. The van der Waals surface area contributed by atoms with Gasteiger partial charge in [-0.15, -0.1) is 0 Å². The zero-order valence-corrected chi connectivity index (χ0v) is 10.1. The van der Waals surface area contributed by atoms with Gasteiger partial charge in [0, 0.05) is 26.7 Å². The molecule has 0 bridgehead atoms. The van der Waals surface area contributed by atoms with E-state index in [0.717, 1.165) is 30.9 Å². The number of anilines is 1. The Hall–Kier alpha value is -1.62. The number of aromatic nitrogens is 1. The van der Waals surface area contributed by atoms with E-state index in [4.69, 9.17) is 5.73 Å². The van der Waals surface area contributed by atoms with E-state index >= 15 is 0 Å². The molecule has 2 N–H and O–H groups in total. The third-order valence-corrected chi connectivity index (χ3v) is 3.06. The second-order valence-corrected chi connectivity index (χ2v) is 4.30. The van der Waals surface area contributed by atoms with Gasteiger partial charge in [0.2, 0.25) is 5.91 Å². The van der Waals surface area contributed by atoms with Crippen LogP contribution in [0.15, 0.2) is 18.3 Å². The van der Waals surface area contributed by atoms with Crippen molar-refractivity contribution < 1.29 is 4.79 Å². The van der Waals surface area contributed by atoms with Crippen LogP contribution in [0.4, 0.5) is 5.69 Å². The lowest BCUT2D eigenvalue weighted by atomic mass is 10.3. The van der Waals surface area contributed by atoms with Crippen LogP contribution in [-0.2, 0) is 11.3 Å². The van der Waals surface area contributed by atoms with Gasteiger partial charge in [0.25, 0.3) is 0 Å². The Morgan fingerprint density at radius 2 is 2.24 bits per heavy atom. The minimum absolute atomic E-state index is 0.158. The Kier molecular flexibility index (Phi) is 3.58. The minimum Gasteiger partial charge on any atom is -0.361 e. The van der Waals surface area contributed by atoms with E-state index in [-0.39, 0.29) is 5.91 Å². The molecule has 1 saturated heterocycles. The van der Waals surface area contributed by atoms with Gasteiger partial charge in [-0.25, -0.2) is 0 Å². The van der Waals surface area contributed by atoms with Crippen LogP contribution in [0, 0.1) is 0 Å². The maximum Gasteiger partial charge on any atom is 0.241 e. The average Bonchev–Trinajstić information content (AvgIpc) is 2.52. The van der Waals surface area contributed by atoms with Gasteiger partial charge in [0.1, 0.15) is 0 Å². The summed E-state index contributed by atoms with van der Waals surface area (Å²) < 4.78 is 0. The zero-order valence-electron chi connectivity index (χ0n) is 10.1. The second kappa shape index (κ2) is 5.14. The highest BCUT2D eigenvalue weighted by molar-refractivity contribution is 5.81. The lowest BCUT2D eigenvalue weighted by molar-refractivity contribution is -0.127. The van der Waals surface area contributed by atoms with Crippen molar-refractivity contribution in [3.63, 3.8) is 0 Å². The summed E-state index contributed by atoms with van der Waals surface area (Å²) in [4.78, 5) is 19.9. The van der Waals surface area contributed by atoms with E-state index in [1.165, 1.54) is 0 Å². The van der Waals surface area contributed by atoms with Gasteiger partial charge in [-0.2, -0.15) is 0 Å². The largest absolute Gasteiger partial charge is 0.361 e. The third-order valence-electron chi connectivity index (χ3n) is 3.06. The van der Waals surface area contributed by atoms with Crippen LogP contribution in [0.2, 0.25) is 0 Å². The number of amides is 1. The predicted molar refractivity (Wildman–Crippen MR) is 66.6 cm³/mol. The van der Waals surface area contributed by atoms with E-state index in [0.29, 0.717) is 13.1 Å². The summed E-state index contributed by atoms with van der Waals surface area (Å²) in [6, 6.07) is 3.89. The number of rotatable bonds is 2. The van der Waals surface area contributed by atoms with Crippen LogP contribution in [0.5, 0.6) is 0 Å². The number of hydrogen-bond donors (Lipinski definition) is 1. The molecule has 92 valence electrons. The summed E-state index contributed by atoms with van der Waals surface area (Å²) in [5.41, 5.74) is 7.37. The molecule has 1 fully saturated rings. The zero-order chi connectivity index (χ0) is 12.3. The lowest BCUT2D eigenvalue weighted by Crippen LogP contribution is -2.34. The van der Waals surface area contributed by atoms with Crippen LogP contribution in [-0.4, -0.2) is 42.5 Å². The van der Waals surface area contributed by atoms with Crippen LogP contribution in [0.25, 0.3) is 0 Å². The summed E-state index contributed by atoms with van der Waals surface area (Å²) in [5, 5.41) is 0. The average molecular weight is 234 g/mol. The first-order valence-electron chi connectivity index (χ1n) is 5.84. The first-order chi connectivity index (χ1) is 8.20. The number of hydrogen-bond acceptors (Lipinski definition) is 4. The molecule has 0 atom stereocenters. The number of nitrogens with zero attached hydrogens (tertiary/aromatic N) is 3. The Morgan fingerprint density at radius 3 is 2.88 bits per heavy atom. The highest BCUT2D eigenvalue weighted by atomic mass is 16.2. The van der Waals surface area contributed by atoms with Crippen molar-refractivity contribution in [1.82, 2.24) is 9.88 Å². The monoisotopic (exact) mass is 234 g/mol. The molecule has 0 aliphatic carbocycles. The third kappa shape index (κ3) is 2.74. The fourth-order valence-electron chi connectivity index (χ4n) is 1.93. The van der Waals surface area contributed by atoms with Crippen molar-refractivity contribution in [2.24, 2.45) is 5.73 Å². The van der Waals surface area contributed by atoms with Crippen LogP contribution in [0.1, 0.15) is 12.1 Å².